The van der Waals surface area contributed by atoms with Gasteiger partial charge in [0.05, 0.1) is 16.6 Å². The SMILES string of the molecule is CC(NC(=O)c1cccc(S(=O)(=O)N(C)c2ccccc2F)c1)c1ccccc1. The lowest BCUT2D eigenvalue weighted by Crippen LogP contribution is -2.29. The standard InChI is InChI=1S/C22H21FN2O3S/c1-16(17-9-4-3-5-10-17)24-22(26)18-11-8-12-19(15-18)29(27,28)25(2)21-14-7-6-13-20(21)23/h3-16H,1-2H3,(H,24,26). The van der Waals surface area contributed by atoms with Gasteiger partial charge in [0.2, 0.25) is 0 Å². The van der Waals surface area contributed by atoms with E-state index in [1.807, 2.05) is 37.3 Å². The molecule has 0 fully saturated rings. The minimum absolute atomic E-state index is 0.0694. The Balaban J connectivity index is 1.85. The van der Waals surface area contributed by atoms with Crippen LogP contribution in [-0.2, 0) is 10.0 Å². The second-order valence-corrected chi connectivity index (χ2v) is 8.53. The highest BCUT2D eigenvalue weighted by Gasteiger charge is 2.24. The number of hydrogen-bond donors (Lipinski definition) is 1. The maximum atomic E-state index is 14.0. The fraction of sp³-hybridized carbons (Fsp3) is 0.136. The predicted molar refractivity (Wildman–Crippen MR) is 111 cm³/mol. The van der Waals surface area contributed by atoms with Crippen molar-refractivity contribution in [2.24, 2.45) is 0 Å². The highest BCUT2D eigenvalue weighted by Crippen LogP contribution is 2.25. The summed E-state index contributed by atoms with van der Waals surface area (Å²) in [4.78, 5) is 12.5. The molecule has 0 saturated carbocycles. The molecule has 150 valence electrons. The molecule has 29 heavy (non-hydrogen) atoms. The molecule has 0 aliphatic rings. The van der Waals surface area contributed by atoms with E-state index >= 15 is 0 Å². The molecule has 3 rings (SSSR count). The van der Waals surface area contributed by atoms with E-state index in [-0.39, 0.29) is 22.2 Å². The van der Waals surface area contributed by atoms with Gasteiger partial charge in [-0.2, -0.15) is 0 Å². The minimum atomic E-state index is -4.04. The first-order chi connectivity index (χ1) is 13.8. The van der Waals surface area contributed by atoms with Crippen LogP contribution in [0.5, 0.6) is 0 Å². The third-order valence-corrected chi connectivity index (χ3v) is 6.36. The van der Waals surface area contributed by atoms with E-state index in [1.165, 1.54) is 49.5 Å². The van der Waals surface area contributed by atoms with E-state index in [2.05, 4.69) is 5.32 Å². The van der Waals surface area contributed by atoms with Crippen molar-refractivity contribution < 1.29 is 17.6 Å². The van der Waals surface area contributed by atoms with Gasteiger partial charge in [-0.15, -0.1) is 0 Å². The van der Waals surface area contributed by atoms with Crippen molar-refractivity contribution in [1.29, 1.82) is 0 Å². The second kappa shape index (κ2) is 8.45. The molecule has 0 heterocycles. The van der Waals surface area contributed by atoms with E-state index in [9.17, 15) is 17.6 Å². The van der Waals surface area contributed by atoms with E-state index in [0.717, 1.165) is 9.87 Å². The van der Waals surface area contributed by atoms with Crippen LogP contribution in [0, 0.1) is 5.82 Å². The number of nitrogens with one attached hydrogen (secondary N) is 1. The Hall–Kier alpha value is -3.19. The average molecular weight is 412 g/mol. The molecule has 0 aromatic heterocycles. The zero-order chi connectivity index (χ0) is 21.0. The molecular weight excluding hydrogens is 391 g/mol. The Morgan fingerprint density at radius 2 is 1.62 bits per heavy atom. The Kier molecular flexibility index (Phi) is 5.98. The van der Waals surface area contributed by atoms with Crippen LogP contribution in [-0.4, -0.2) is 21.4 Å². The maximum absolute atomic E-state index is 14.0. The smallest absolute Gasteiger partial charge is 0.264 e. The van der Waals surface area contributed by atoms with Gasteiger partial charge >= 0.3 is 0 Å². The lowest BCUT2D eigenvalue weighted by atomic mass is 10.1. The largest absolute Gasteiger partial charge is 0.346 e. The fourth-order valence-corrected chi connectivity index (χ4v) is 4.15. The van der Waals surface area contributed by atoms with Crippen molar-refractivity contribution in [3.05, 3.63) is 95.8 Å². The van der Waals surface area contributed by atoms with Gasteiger partial charge in [0, 0.05) is 12.6 Å². The topological polar surface area (TPSA) is 66.5 Å². The molecule has 3 aromatic rings. The van der Waals surface area contributed by atoms with Gasteiger partial charge in [0.15, 0.2) is 0 Å². The van der Waals surface area contributed by atoms with Crippen molar-refractivity contribution in [3.63, 3.8) is 0 Å². The van der Waals surface area contributed by atoms with Crippen LogP contribution >= 0.6 is 0 Å². The number of amides is 1. The molecule has 0 spiro atoms. The van der Waals surface area contributed by atoms with Crippen molar-refractivity contribution in [3.8, 4) is 0 Å². The maximum Gasteiger partial charge on any atom is 0.264 e. The molecule has 0 saturated heterocycles. The number of halogens is 1. The van der Waals surface area contributed by atoms with Crippen molar-refractivity contribution in [2.75, 3.05) is 11.4 Å². The first kappa shape index (κ1) is 20.5. The molecular formula is C22H21FN2O3S. The molecule has 3 aromatic carbocycles. The van der Waals surface area contributed by atoms with Crippen LogP contribution in [0.2, 0.25) is 0 Å². The van der Waals surface area contributed by atoms with Gasteiger partial charge in [-0.3, -0.25) is 9.10 Å². The summed E-state index contributed by atoms with van der Waals surface area (Å²) >= 11 is 0. The van der Waals surface area contributed by atoms with E-state index in [1.54, 1.807) is 6.07 Å². The molecule has 0 radical (unpaired) electrons. The molecule has 1 atom stereocenters. The quantitative estimate of drug-likeness (QED) is 0.662. The lowest BCUT2D eigenvalue weighted by molar-refractivity contribution is 0.0939. The van der Waals surface area contributed by atoms with E-state index < -0.39 is 21.7 Å². The van der Waals surface area contributed by atoms with E-state index in [4.69, 9.17) is 0 Å². The van der Waals surface area contributed by atoms with Gasteiger partial charge in [0.25, 0.3) is 15.9 Å². The number of rotatable bonds is 6. The number of para-hydroxylation sites is 1. The number of sulfonamides is 1. The fourth-order valence-electron chi connectivity index (χ4n) is 2.90. The summed E-state index contributed by atoms with van der Waals surface area (Å²) in [6, 6.07) is 20.5. The molecule has 0 bridgehead atoms. The van der Waals surface area contributed by atoms with Crippen LogP contribution in [0.3, 0.4) is 0 Å². The molecule has 1 amide bonds. The number of benzene rings is 3. The first-order valence-corrected chi connectivity index (χ1v) is 10.4. The number of nitrogens with zero attached hydrogens (tertiary/aromatic N) is 1. The van der Waals surface area contributed by atoms with Crippen LogP contribution in [0.4, 0.5) is 10.1 Å². The van der Waals surface area contributed by atoms with Gasteiger partial charge in [-0.25, -0.2) is 12.8 Å². The predicted octanol–water partition coefficient (Wildman–Crippen LogP) is 4.14. The first-order valence-electron chi connectivity index (χ1n) is 9.00. The van der Waals surface area contributed by atoms with Crippen molar-refractivity contribution >= 4 is 21.6 Å². The Bertz CT molecular complexity index is 1120. The monoisotopic (exact) mass is 412 g/mol. The number of hydrogen-bond acceptors (Lipinski definition) is 3. The summed E-state index contributed by atoms with van der Waals surface area (Å²) in [5, 5.41) is 2.85. The molecule has 7 heteroatoms. The lowest BCUT2D eigenvalue weighted by Gasteiger charge is -2.20. The van der Waals surface area contributed by atoms with Gasteiger partial charge < -0.3 is 5.32 Å². The second-order valence-electron chi connectivity index (χ2n) is 6.56. The highest BCUT2D eigenvalue weighted by atomic mass is 32.2. The average Bonchev–Trinajstić information content (AvgIpc) is 2.74. The molecule has 0 aliphatic carbocycles. The molecule has 0 aliphatic heterocycles. The third kappa shape index (κ3) is 4.46. The van der Waals surface area contributed by atoms with Crippen LogP contribution in [0.15, 0.2) is 83.8 Å². The zero-order valence-corrected chi connectivity index (χ0v) is 16.9. The van der Waals surface area contributed by atoms with Crippen LogP contribution in [0.25, 0.3) is 0 Å². The summed E-state index contributed by atoms with van der Waals surface area (Å²) < 4.78 is 40.8. The van der Waals surface area contributed by atoms with Gasteiger partial charge in [-0.05, 0) is 42.8 Å². The molecule has 1 unspecified atom stereocenters. The Morgan fingerprint density at radius 3 is 2.31 bits per heavy atom. The molecule has 5 nitrogen and oxygen atoms in total. The summed E-state index contributed by atoms with van der Waals surface area (Å²) in [6.45, 7) is 1.85. The van der Waals surface area contributed by atoms with E-state index in [0.29, 0.717) is 0 Å². The summed E-state index contributed by atoms with van der Waals surface area (Å²) in [7, 11) is -2.76. The summed E-state index contributed by atoms with van der Waals surface area (Å²) in [5.74, 6) is -1.05. The number of carbonyl (C=O) groups is 1. The van der Waals surface area contributed by atoms with Gasteiger partial charge in [-0.1, -0.05) is 48.5 Å². The van der Waals surface area contributed by atoms with Crippen LogP contribution < -0.4 is 9.62 Å². The Morgan fingerprint density at radius 1 is 0.966 bits per heavy atom. The molecule has 1 N–H and O–H groups in total. The summed E-state index contributed by atoms with van der Waals surface area (Å²) in [5.41, 5.74) is 1.07. The van der Waals surface area contributed by atoms with Gasteiger partial charge in [0.1, 0.15) is 5.82 Å². The highest BCUT2D eigenvalue weighted by molar-refractivity contribution is 7.92. The van der Waals surface area contributed by atoms with Crippen molar-refractivity contribution in [2.45, 2.75) is 17.9 Å². The Labute approximate surface area is 169 Å². The normalized spacial score (nSPS) is 12.2. The third-order valence-electron chi connectivity index (χ3n) is 4.59. The zero-order valence-electron chi connectivity index (χ0n) is 16.0. The van der Waals surface area contributed by atoms with Crippen LogP contribution in [0.1, 0.15) is 28.9 Å². The summed E-state index contributed by atoms with van der Waals surface area (Å²) in [6.07, 6.45) is 0. The number of anilines is 1. The van der Waals surface area contributed by atoms with Crippen molar-refractivity contribution in [1.82, 2.24) is 5.32 Å². The number of carbonyl (C=O) groups excluding carboxylic acids is 1. The minimum Gasteiger partial charge on any atom is -0.346 e.